The van der Waals surface area contributed by atoms with Gasteiger partial charge in [-0.05, 0) is 42.1 Å². The van der Waals surface area contributed by atoms with Crippen LogP contribution in [0.2, 0.25) is 10.3 Å². The van der Waals surface area contributed by atoms with E-state index in [-0.39, 0.29) is 24.1 Å². The Hall–Kier alpha value is -2.99. The second-order valence-corrected chi connectivity index (χ2v) is 8.32. The van der Waals surface area contributed by atoms with Gasteiger partial charge in [-0.15, -0.1) is 0 Å². The monoisotopic (exact) mass is 495 g/mol. The van der Waals surface area contributed by atoms with Crippen molar-refractivity contribution < 1.29 is 29.3 Å². The van der Waals surface area contributed by atoms with Crippen molar-refractivity contribution in [2.24, 2.45) is 0 Å². The summed E-state index contributed by atoms with van der Waals surface area (Å²) in [4.78, 5) is 36.2. The Morgan fingerprint density at radius 3 is 2.55 bits per heavy atom. The van der Waals surface area contributed by atoms with E-state index in [1.54, 1.807) is 28.8 Å². The molecule has 1 fully saturated rings. The maximum Gasteiger partial charge on any atom is 0.348 e. The Balaban J connectivity index is 1.49. The molecule has 2 unspecified atom stereocenters. The Kier molecular flexibility index (Phi) is 6.39. The number of imidazole rings is 1. The average molecular weight is 496 g/mol. The van der Waals surface area contributed by atoms with Crippen LogP contribution in [0.5, 0.6) is 0 Å². The van der Waals surface area contributed by atoms with Gasteiger partial charge in [-0.1, -0.05) is 23.7 Å². The van der Waals surface area contributed by atoms with Gasteiger partial charge < -0.3 is 25.4 Å². The number of ether oxygens (including phenoxy) is 2. The van der Waals surface area contributed by atoms with Crippen molar-refractivity contribution in [3.05, 3.63) is 46.5 Å². The first-order valence-electron chi connectivity index (χ1n) is 9.86. The molecule has 0 amide bonds. The fraction of sp³-hybridized carbons (Fsp3) is 0.350. The predicted octanol–water partition coefficient (Wildman–Crippen LogP) is 2.56. The molecule has 0 aliphatic carbocycles. The summed E-state index contributed by atoms with van der Waals surface area (Å²) in [6.07, 6.45) is 1.10. The van der Waals surface area contributed by atoms with Crippen molar-refractivity contribution in [3.8, 4) is 0 Å². The van der Waals surface area contributed by atoms with Crippen molar-refractivity contribution >= 4 is 52.1 Å². The molecule has 11 nitrogen and oxygen atoms in total. The van der Waals surface area contributed by atoms with Crippen LogP contribution >= 0.6 is 23.2 Å². The molecule has 2 aromatic heterocycles. The summed E-state index contributed by atoms with van der Waals surface area (Å²) >= 11 is 11.8. The highest BCUT2D eigenvalue weighted by molar-refractivity contribution is 6.30. The molecule has 0 saturated carbocycles. The van der Waals surface area contributed by atoms with Crippen LogP contribution in [0, 0.1) is 0 Å². The van der Waals surface area contributed by atoms with Crippen molar-refractivity contribution in [2.75, 3.05) is 12.3 Å². The van der Waals surface area contributed by atoms with E-state index in [0.717, 1.165) is 0 Å². The van der Waals surface area contributed by atoms with Crippen molar-refractivity contribution in [2.45, 2.75) is 37.2 Å². The Labute approximate surface area is 197 Å². The number of carboxylic acid groups (broad SMARTS) is 2. The fourth-order valence-electron chi connectivity index (χ4n) is 3.68. The number of fused-ring (bicyclic) bond motifs is 1. The Bertz CT molecular complexity index is 1190. The zero-order valence-corrected chi connectivity index (χ0v) is 18.5. The molecule has 3 heterocycles. The normalized spacial score (nSPS) is 18.6. The van der Waals surface area contributed by atoms with Crippen LogP contribution < -0.4 is 5.73 Å². The van der Waals surface area contributed by atoms with Crippen LogP contribution in [0.3, 0.4) is 0 Å². The van der Waals surface area contributed by atoms with Gasteiger partial charge in [0.2, 0.25) is 5.28 Å². The van der Waals surface area contributed by atoms with Crippen LogP contribution in [0.4, 0.5) is 5.82 Å². The molecule has 1 aliphatic rings. The number of rotatable bonds is 8. The molecule has 174 valence electrons. The van der Waals surface area contributed by atoms with Crippen molar-refractivity contribution in [1.29, 1.82) is 0 Å². The molecule has 33 heavy (non-hydrogen) atoms. The topological polar surface area (TPSA) is 163 Å². The summed E-state index contributed by atoms with van der Waals surface area (Å²) in [5, 5.41) is 19.9. The van der Waals surface area contributed by atoms with E-state index in [1.165, 1.54) is 6.33 Å². The number of carbonyl (C=O) groups is 2. The molecule has 2 atom stereocenters. The van der Waals surface area contributed by atoms with E-state index in [2.05, 4.69) is 15.0 Å². The number of benzene rings is 1. The Morgan fingerprint density at radius 2 is 1.88 bits per heavy atom. The van der Waals surface area contributed by atoms with Crippen LogP contribution in [0.25, 0.3) is 11.2 Å². The summed E-state index contributed by atoms with van der Waals surface area (Å²) in [6.45, 7) is -0.243. The van der Waals surface area contributed by atoms with Gasteiger partial charge in [0, 0.05) is 11.4 Å². The highest BCUT2D eigenvalue weighted by atomic mass is 35.5. The third-order valence-corrected chi connectivity index (χ3v) is 5.81. The maximum atomic E-state index is 12.0. The first-order valence-corrected chi connectivity index (χ1v) is 10.6. The number of hydrogen-bond donors (Lipinski definition) is 3. The van der Waals surface area contributed by atoms with Crippen molar-refractivity contribution in [1.82, 2.24) is 19.5 Å². The van der Waals surface area contributed by atoms with Gasteiger partial charge in [0.25, 0.3) is 5.60 Å². The highest BCUT2D eigenvalue weighted by Crippen LogP contribution is 2.33. The standard InChI is InChI=1S/C20H19Cl2N5O6/c21-11-3-1-10(2-4-11)7-20(17(28)29,18(30)31)32-8-12-5-6-13(33-12)27-9-24-14-15(23)25-19(22)26-16(14)27/h1-4,9,12-13H,5-8H2,(H,28,29)(H,30,31)(H2,23,25,26). The molecule has 0 radical (unpaired) electrons. The van der Waals surface area contributed by atoms with Crippen molar-refractivity contribution in [3.63, 3.8) is 0 Å². The van der Waals surface area contributed by atoms with Crippen LogP contribution in [0.15, 0.2) is 30.6 Å². The fourth-order valence-corrected chi connectivity index (χ4v) is 3.97. The molecule has 1 aliphatic heterocycles. The number of anilines is 1. The van der Waals surface area contributed by atoms with Gasteiger partial charge >= 0.3 is 11.9 Å². The lowest BCUT2D eigenvalue weighted by Crippen LogP contribution is -2.52. The molecule has 1 aromatic carbocycles. The zero-order chi connectivity index (χ0) is 23.8. The van der Waals surface area contributed by atoms with Crippen LogP contribution in [0.1, 0.15) is 24.6 Å². The largest absolute Gasteiger partial charge is 0.479 e. The molecule has 13 heteroatoms. The van der Waals surface area contributed by atoms with Gasteiger partial charge in [-0.3, -0.25) is 4.57 Å². The molecule has 1 saturated heterocycles. The summed E-state index contributed by atoms with van der Waals surface area (Å²) in [7, 11) is 0. The molecule has 3 aromatic rings. The number of halogens is 2. The summed E-state index contributed by atoms with van der Waals surface area (Å²) in [5.41, 5.74) is 4.57. The van der Waals surface area contributed by atoms with Gasteiger partial charge in [0.15, 0.2) is 11.5 Å². The lowest BCUT2D eigenvalue weighted by Gasteiger charge is -2.27. The minimum Gasteiger partial charge on any atom is -0.479 e. The minimum atomic E-state index is -2.48. The highest BCUT2D eigenvalue weighted by Gasteiger charge is 2.49. The number of hydrogen-bond acceptors (Lipinski definition) is 8. The first kappa shape index (κ1) is 23.2. The number of carboxylic acids is 2. The molecule has 4 rings (SSSR count). The maximum absolute atomic E-state index is 12.0. The van der Waals surface area contributed by atoms with Gasteiger partial charge in [0.1, 0.15) is 11.7 Å². The molecule has 0 spiro atoms. The summed E-state index contributed by atoms with van der Waals surface area (Å²) in [5.74, 6) is -3.08. The number of nitrogen functional groups attached to an aromatic ring is 1. The first-order chi connectivity index (χ1) is 15.7. The van der Waals surface area contributed by atoms with E-state index in [9.17, 15) is 19.8 Å². The second-order valence-electron chi connectivity index (χ2n) is 7.54. The number of nitrogens with two attached hydrogens (primary N) is 1. The van der Waals surface area contributed by atoms with E-state index in [1.807, 2.05) is 0 Å². The molecular formula is C20H19Cl2N5O6. The predicted molar refractivity (Wildman–Crippen MR) is 117 cm³/mol. The number of aliphatic carboxylic acids is 2. The SMILES string of the molecule is Nc1nc(Cl)nc2c1ncn2C1CCC(COC(Cc2ccc(Cl)cc2)(C(=O)O)C(=O)O)O1. The average Bonchev–Trinajstić information content (AvgIpc) is 3.39. The lowest BCUT2D eigenvalue weighted by atomic mass is 9.94. The summed E-state index contributed by atoms with van der Waals surface area (Å²) < 4.78 is 13.1. The van der Waals surface area contributed by atoms with E-state index in [4.69, 9.17) is 38.4 Å². The minimum absolute atomic E-state index is 0.0328. The third-order valence-electron chi connectivity index (χ3n) is 5.39. The lowest BCUT2D eigenvalue weighted by molar-refractivity contribution is -0.188. The van der Waals surface area contributed by atoms with Crippen LogP contribution in [-0.4, -0.2) is 60.0 Å². The quantitative estimate of drug-likeness (QED) is 0.312. The second kappa shape index (κ2) is 9.10. The van der Waals surface area contributed by atoms with Crippen LogP contribution in [-0.2, 0) is 25.5 Å². The van der Waals surface area contributed by atoms with Gasteiger partial charge in [-0.25, -0.2) is 14.6 Å². The molecular weight excluding hydrogens is 477 g/mol. The van der Waals surface area contributed by atoms with E-state index >= 15 is 0 Å². The zero-order valence-electron chi connectivity index (χ0n) is 17.0. The van der Waals surface area contributed by atoms with E-state index < -0.39 is 29.9 Å². The number of nitrogens with zero attached hydrogens (tertiary/aromatic N) is 4. The van der Waals surface area contributed by atoms with Gasteiger partial charge in [0.05, 0.1) is 19.0 Å². The van der Waals surface area contributed by atoms with Gasteiger partial charge in [-0.2, -0.15) is 9.97 Å². The molecule has 4 N–H and O–H groups in total. The number of aromatic nitrogens is 4. The van der Waals surface area contributed by atoms with E-state index in [0.29, 0.717) is 34.6 Å². The molecule has 0 bridgehead atoms. The third kappa shape index (κ3) is 4.58. The smallest absolute Gasteiger partial charge is 0.348 e. The summed E-state index contributed by atoms with van der Waals surface area (Å²) in [6, 6.07) is 6.20. The Morgan fingerprint density at radius 1 is 1.18 bits per heavy atom.